The molecule has 7 heteroatoms. The molecule has 1 atom stereocenters. The van der Waals surface area contributed by atoms with Gasteiger partial charge in [0.05, 0.1) is 29.4 Å². The lowest BCUT2D eigenvalue weighted by Gasteiger charge is -2.16. The first-order chi connectivity index (χ1) is 16.0. The van der Waals surface area contributed by atoms with Crippen molar-refractivity contribution in [2.45, 2.75) is 19.4 Å². The summed E-state index contributed by atoms with van der Waals surface area (Å²) in [6, 6.07) is 24.0. The van der Waals surface area contributed by atoms with Crippen molar-refractivity contribution in [2.24, 2.45) is 0 Å². The number of hydrogen-bond acceptors (Lipinski definition) is 4. The van der Waals surface area contributed by atoms with Crippen molar-refractivity contribution in [1.29, 1.82) is 0 Å². The Kier molecular flexibility index (Phi) is 7.17. The third kappa shape index (κ3) is 5.86. The zero-order valence-corrected chi connectivity index (χ0v) is 19.5. The maximum Gasteiger partial charge on any atom is 0.253 e. The highest BCUT2D eigenvalue weighted by atomic mass is 35.5. The highest BCUT2D eigenvalue weighted by Gasteiger charge is 2.17. The van der Waals surface area contributed by atoms with Crippen LogP contribution in [0.15, 0.2) is 84.2 Å². The van der Waals surface area contributed by atoms with Crippen LogP contribution in [0.1, 0.15) is 34.6 Å². The van der Waals surface area contributed by atoms with Crippen LogP contribution in [0.2, 0.25) is 5.02 Å². The Morgan fingerprint density at radius 1 is 0.970 bits per heavy atom. The van der Waals surface area contributed by atoms with Gasteiger partial charge in [0.25, 0.3) is 5.91 Å². The van der Waals surface area contributed by atoms with Crippen molar-refractivity contribution in [2.75, 3.05) is 5.32 Å². The van der Waals surface area contributed by atoms with Crippen LogP contribution in [0.25, 0.3) is 10.6 Å². The van der Waals surface area contributed by atoms with Gasteiger partial charge in [-0.1, -0.05) is 66.2 Å². The first-order valence-corrected chi connectivity index (χ1v) is 11.7. The molecule has 0 spiro atoms. The van der Waals surface area contributed by atoms with Crippen molar-refractivity contribution >= 4 is 40.4 Å². The zero-order valence-electron chi connectivity index (χ0n) is 17.9. The molecule has 0 fully saturated rings. The minimum absolute atomic E-state index is 0.112. The van der Waals surface area contributed by atoms with E-state index < -0.39 is 0 Å². The number of benzene rings is 3. The predicted octanol–water partition coefficient (Wildman–Crippen LogP) is 6.14. The van der Waals surface area contributed by atoms with Crippen LogP contribution < -0.4 is 10.6 Å². The van der Waals surface area contributed by atoms with Crippen LogP contribution in [0.4, 0.5) is 5.69 Å². The third-order valence-corrected chi connectivity index (χ3v) is 6.27. The molecule has 0 saturated carbocycles. The SMILES string of the molecule is CC(NC(=O)c1ccccc1NC(=O)Cc1csc(-c2ccc(Cl)cc2)n1)c1ccccc1. The van der Waals surface area contributed by atoms with E-state index in [1.54, 1.807) is 24.3 Å². The molecule has 2 N–H and O–H groups in total. The van der Waals surface area contributed by atoms with Crippen molar-refractivity contribution < 1.29 is 9.59 Å². The summed E-state index contributed by atoms with van der Waals surface area (Å²) in [5.41, 5.74) is 3.50. The molecule has 2 amide bonds. The maximum absolute atomic E-state index is 12.9. The number of nitrogens with one attached hydrogen (secondary N) is 2. The molecule has 166 valence electrons. The summed E-state index contributed by atoms with van der Waals surface area (Å²) in [5, 5.41) is 9.20. The molecule has 1 aromatic heterocycles. The van der Waals surface area contributed by atoms with Gasteiger partial charge in [-0.05, 0) is 36.8 Å². The Hall–Kier alpha value is -3.48. The Labute approximate surface area is 201 Å². The molecule has 0 bridgehead atoms. The fourth-order valence-electron chi connectivity index (χ4n) is 3.36. The Morgan fingerprint density at radius 3 is 2.42 bits per heavy atom. The fraction of sp³-hybridized carbons (Fsp3) is 0.115. The minimum Gasteiger partial charge on any atom is -0.345 e. The zero-order chi connectivity index (χ0) is 23.2. The van der Waals surface area contributed by atoms with E-state index in [9.17, 15) is 9.59 Å². The quantitative estimate of drug-likeness (QED) is 0.337. The third-order valence-electron chi connectivity index (χ3n) is 5.08. The summed E-state index contributed by atoms with van der Waals surface area (Å²) >= 11 is 7.42. The second-order valence-electron chi connectivity index (χ2n) is 7.53. The molecule has 0 aliphatic carbocycles. The van der Waals surface area contributed by atoms with Crippen LogP contribution in [-0.2, 0) is 11.2 Å². The Balaban J connectivity index is 1.42. The van der Waals surface area contributed by atoms with Crippen LogP contribution in [0.5, 0.6) is 0 Å². The maximum atomic E-state index is 12.9. The second kappa shape index (κ2) is 10.4. The van der Waals surface area contributed by atoms with Crippen molar-refractivity contribution in [3.05, 3.63) is 106 Å². The average molecular weight is 476 g/mol. The van der Waals surface area contributed by atoms with E-state index in [4.69, 9.17) is 11.6 Å². The molecule has 4 rings (SSSR count). The van der Waals surface area contributed by atoms with E-state index >= 15 is 0 Å². The summed E-state index contributed by atoms with van der Waals surface area (Å²) in [6.07, 6.45) is 0.112. The van der Waals surface area contributed by atoms with Crippen LogP contribution in [0.3, 0.4) is 0 Å². The van der Waals surface area contributed by atoms with E-state index in [1.165, 1.54) is 11.3 Å². The van der Waals surface area contributed by atoms with E-state index in [0.717, 1.165) is 16.1 Å². The number of nitrogens with zero attached hydrogens (tertiary/aromatic N) is 1. The molecule has 0 radical (unpaired) electrons. The number of carbonyl (C=O) groups is 2. The molecule has 0 aliphatic rings. The average Bonchev–Trinajstić information content (AvgIpc) is 3.28. The number of thiazole rings is 1. The standard InChI is InChI=1S/C26H22ClN3O2S/c1-17(18-7-3-2-4-8-18)28-25(32)22-9-5-6-10-23(22)30-24(31)15-21-16-33-26(29-21)19-11-13-20(27)14-12-19/h2-14,16-17H,15H2,1H3,(H,28,32)(H,30,31). The van der Waals surface area contributed by atoms with Crippen LogP contribution in [0, 0.1) is 0 Å². The van der Waals surface area contributed by atoms with Crippen molar-refractivity contribution in [3.63, 3.8) is 0 Å². The second-order valence-corrected chi connectivity index (χ2v) is 8.82. The monoisotopic (exact) mass is 475 g/mol. The number of hydrogen-bond donors (Lipinski definition) is 2. The fourth-order valence-corrected chi connectivity index (χ4v) is 4.31. The van der Waals surface area contributed by atoms with Gasteiger partial charge < -0.3 is 10.6 Å². The van der Waals surface area contributed by atoms with E-state index in [2.05, 4.69) is 15.6 Å². The Morgan fingerprint density at radius 2 is 1.67 bits per heavy atom. The van der Waals surface area contributed by atoms with Gasteiger partial charge >= 0.3 is 0 Å². The molecule has 4 aromatic rings. The summed E-state index contributed by atoms with van der Waals surface area (Å²) in [6.45, 7) is 1.93. The summed E-state index contributed by atoms with van der Waals surface area (Å²) in [7, 11) is 0. The van der Waals surface area contributed by atoms with Crippen molar-refractivity contribution in [1.82, 2.24) is 10.3 Å². The molecular weight excluding hydrogens is 454 g/mol. The van der Waals surface area contributed by atoms with Gasteiger partial charge in [-0.25, -0.2) is 4.98 Å². The van der Waals surface area contributed by atoms with Gasteiger partial charge in [-0.2, -0.15) is 0 Å². The lowest BCUT2D eigenvalue weighted by Crippen LogP contribution is -2.28. The molecule has 33 heavy (non-hydrogen) atoms. The predicted molar refractivity (Wildman–Crippen MR) is 134 cm³/mol. The number of carbonyl (C=O) groups excluding carboxylic acids is 2. The van der Waals surface area contributed by atoms with E-state index in [-0.39, 0.29) is 24.3 Å². The smallest absolute Gasteiger partial charge is 0.253 e. The summed E-state index contributed by atoms with van der Waals surface area (Å²) in [4.78, 5) is 30.1. The minimum atomic E-state index is -0.249. The molecule has 3 aromatic carbocycles. The first kappa shape index (κ1) is 22.7. The molecule has 0 aliphatic heterocycles. The number of halogens is 1. The van der Waals surface area contributed by atoms with Gasteiger partial charge in [0, 0.05) is 16.0 Å². The highest BCUT2D eigenvalue weighted by Crippen LogP contribution is 2.25. The number of para-hydroxylation sites is 1. The normalized spacial score (nSPS) is 11.6. The van der Waals surface area contributed by atoms with Gasteiger partial charge in [0.2, 0.25) is 5.91 Å². The lowest BCUT2D eigenvalue weighted by atomic mass is 10.1. The largest absolute Gasteiger partial charge is 0.345 e. The number of aromatic nitrogens is 1. The van der Waals surface area contributed by atoms with Crippen LogP contribution in [-0.4, -0.2) is 16.8 Å². The number of anilines is 1. The molecule has 1 heterocycles. The van der Waals surface area contributed by atoms with Crippen molar-refractivity contribution in [3.8, 4) is 10.6 Å². The van der Waals surface area contributed by atoms with Crippen LogP contribution >= 0.6 is 22.9 Å². The van der Waals surface area contributed by atoms with Gasteiger partial charge in [-0.3, -0.25) is 9.59 Å². The molecule has 5 nitrogen and oxygen atoms in total. The molecule has 1 unspecified atom stereocenters. The summed E-state index contributed by atoms with van der Waals surface area (Å²) < 4.78 is 0. The van der Waals surface area contributed by atoms with E-state index in [0.29, 0.717) is 22.0 Å². The van der Waals surface area contributed by atoms with Gasteiger partial charge in [0.1, 0.15) is 5.01 Å². The van der Waals surface area contributed by atoms with Gasteiger partial charge in [-0.15, -0.1) is 11.3 Å². The van der Waals surface area contributed by atoms with E-state index in [1.807, 2.05) is 66.9 Å². The van der Waals surface area contributed by atoms with Gasteiger partial charge in [0.15, 0.2) is 0 Å². The molecular formula is C26H22ClN3O2S. The molecule has 0 saturated heterocycles. The lowest BCUT2D eigenvalue weighted by molar-refractivity contribution is -0.115. The number of rotatable bonds is 7. The topological polar surface area (TPSA) is 71.1 Å². The Bertz CT molecular complexity index is 1260. The summed E-state index contributed by atoms with van der Waals surface area (Å²) in [5.74, 6) is -0.486. The number of amides is 2. The highest BCUT2D eigenvalue weighted by molar-refractivity contribution is 7.13. The first-order valence-electron chi connectivity index (χ1n) is 10.4.